The highest BCUT2D eigenvalue weighted by Gasteiger charge is 2.33. The van der Waals surface area contributed by atoms with E-state index in [9.17, 15) is 9.18 Å². The minimum absolute atomic E-state index is 0.0170. The number of rotatable bonds is 4. The second kappa shape index (κ2) is 6.35. The number of anilines is 1. The highest BCUT2D eigenvalue weighted by atomic mass is 19.1. The molecule has 3 aromatic rings. The van der Waals surface area contributed by atoms with Crippen LogP contribution in [0.4, 0.5) is 14.9 Å². The highest BCUT2D eigenvalue weighted by Crippen LogP contribution is 2.31. The quantitative estimate of drug-likeness (QED) is 0.713. The zero-order chi connectivity index (χ0) is 18.4. The maximum atomic E-state index is 14.2. The summed E-state index contributed by atoms with van der Waals surface area (Å²) < 4.78 is 21.2. The molecule has 1 atom stereocenters. The molecule has 0 spiro atoms. The van der Waals surface area contributed by atoms with Gasteiger partial charge in [-0.15, -0.1) is 0 Å². The van der Waals surface area contributed by atoms with Gasteiger partial charge in [-0.1, -0.05) is 18.2 Å². The van der Waals surface area contributed by atoms with Gasteiger partial charge in [0, 0.05) is 31.6 Å². The summed E-state index contributed by atoms with van der Waals surface area (Å²) >= 11 is 0. The van der Waals surface area contributed by atoms with Crippen molar-refractivity contribution in [3.8, 4) is 5.69 Å². The van der Waals surface area contributed by atoms with Gasteiger partial charge in [-0.3, -0.25) is 4.90 Å². The van der Waals surface area contributed by atoms with Crippen LogP contribution in [0.1, 0.15) is 6.42 Å². The molecule has 0 saturated carbocycles. The van der Waals surface area contributed by atoms with Crippen LogP contribution in [-0.2, 0) is 4.74 Å². The summed E-state index contributed by atoms with van der Waals surface area (Å²) in [6.07, 6.45) is 2.87. The molecule has 0 radical (unpaired) electrons. The van der Waals surface area contributed by atoms with E-state index in [0.29, 0.717) is 25.3 Å². The van der Waals surface area contributed by atoms with Crippen molar-refractivity contribution in [1.29, 1.82) is 0 Å². The topological polar surface area (TPSA) is 50.6 Å². The van der Waals surface area contributed by atoms with Crippen molar-refractivity contribution in [1.82, 2.24) is 14.7 Å². The summed E-state index contributed by atoms with van der Waals surface area (Å²) in [6, 6.07) is 12.2. The molecule has 0 unspecified atom stereocenters. The Bertz CT molecular complexity index is 1010. The molecule has 2 aliphatic rings. The second-order valence-corrected chi connectivity index (χ2v) is 6.88. The fourth-order valence-corrected chi connectivity index (χ4v) is 3.74. The number of ether oxygens (including phenoxy) is 1. The zero-order valence-electron chi connectivity index (χ0n) is 14.7. The van der Waals surface area contributed by atoms with Gasteiger partial charge in [-0.25, -0.2) is 13.9 Å². The Balaban J connectivity index is 1.50. The summed E-state index contributed by atoms with van der Waals surface area (Å²) in [4.78, 5) is 16.5. The molecule has 0 bridgehead atoms. The Morgan fingerprint density at radius 3 is 2.70 bits per heavy atom. The standard InChI is InChI=1S/C20H19FN4O2/c21-16-4-1-2-5-19(16)25-18-7-3-6-17(15(18)12-22-25)24-10-9-23(20(24)26)13-14-8-11-27-14/h1-7,12,14H,8-11,13H2/t14-/m0/s1. The Morgan fingerprint density at radius 1 is 1.11 bits per heavy atom. The molecule has 0 aliphatic carbocycles. The lowest BCUT2D eigenvalue weighted by Gasteiger charge is -2.30. The van der Waals surface area contributed by atoms with E-state index >= 15 is 0 Å². The molecular formula is C20H19FN4O2. The maximum absolute atomic E-state index is 14.2. The highest BCUT2D eigenvalue weighted by molar-refractivity contribution is 6.03. The van der Waals surface area contributed by atoms with Crippen LogP contribution in [-0.4, -0.2) is 53.1 Å². The van der Waals surface area contributed by atoms with Crippen LogP contribution < -0.4 is 4.90 Å². The lowest BCUT2D eigenvalue weighted by molar-refractivity contribution is -0.0595. The minimum Gasteiger partial charge on any atom is -0.376 e. The van der Waals surface area contributed by atoms with Crippen molar-refractivity contribution in [2.24, 2.45) is 0 Å². The lowest BCUT2D eigenvalue weighted by Crippen LogP contribution is -2.42. The van der Waals surface area contributed by atoms with E-state index in [1.165, 1.54) is 6.07 Å². The Labute approximate surface area is 155 Å². The summed E-state index contributed by atoms with van der Waals surface area (Å²) in [7, 11) is 0. The van der Waals surface area contributed by atoms with Crippen molar-refractivity contribution in [3.63, 3.8) is 0 Å². The lowest BCUT2D eigenvalue weighted by atomic mass is 10.2. The maximum Gasteiger partial charge on any atom is 0.324 e. The van der Waals surface area contributed by atoms with Crippen LogP contribution >= 0.6 is 0 Å². The van der Waals surface area contributed by atoms with Crippen molar-refractivity contribution in [3.05, 3.63) is 54.5 Å². The monoisotopic (exact) mass is 366 g/mol. The van der Waals surface area contributed by atoms with E-state index in [4.69, 9.17) is 4.74 Å². The molecule has 2 amide bonds. The van der Waals surface area contributed by atoms with Gasteiger partial charge in [-0.05, 0) is 30.7 Å². The van der Waals surface area contributed by atoms with Crippen LogP contribution in [0.2, 0.25) is 0 Å². The molecule has 138 valence electrons. The smallest absolute Gasteiger partial charge is 0.324 e. The summed E-state index contributed by atoms with van der Waals surface area (Å²) in [6.45, 7) is 2.72. The zero-order valence-corrected chi connectivity index (χ0v) is 14.7. The van der Waals surface area contributed by atoms with Crippen molar-refractivity contribution >= 4 is 22.6 Å². The number of hydrogen-bond donors (Lipinski definition) is 0. The molecule has 2 aromatic carbocycles. The van der Waals surface area contributed by atoms with Crippen LogP contribution in [0.3, 0.4) is 0 Å². The first-order valence-corrected chi connectivity index (χ1v) is 9.12. The van der Waals surface area contributed by atoms with Crippen LogP contribution in [0.5, 0.6) is 0 Å². The number of fused-ring (bicyclic) bond motifs is 1. The first-order chi connectivity index (χ1) is 13.2. The van der Waals surface area contributed by atoms with Gasteiger partial charge < -0.3 is 9.64 Å². The Morgan fingerprint density at radius 2 is 1.93 bits per heavy atom. The average molecular weight is 366 g/mol. The number of amides is 2. The molecule has 2 fully saturated rings. The van der Waals surface area contributed by atoms with E-state index in [1.54, 1.807) is 34.0 Å². The van der Waals surface area contributed by atoms with Gasteiger partial charge in [0.15, 0.2) is 0 Å². The number of urea groups is 1. The fraction of sp³-hybridized carbons (Fsp3) is 0.300. The Hall–Kier alpha value is -2.93. The number of para-hydroxylation sites is 1. The van der Waals surface area contributed by atoms with Crippen LogP contribution in [0.25, 0.3) is 16.6 Å². The number of halogens is 1. The van der Waals surface area contributed by atoms with Crippen LogP contribution in [0.15, 0.2) is 48.7 Å². The van der Waals surface area contributed by atoms with Crippen LogP contribution in [0, 0.1) is 5.82 Å². The molecule has 0 N–H and O–H groups in total. The molecule has 5 rings (SSSR count). The third kappa shape index (κ3) is 2.66. The number of nitrogens with zero attached hydrogens (tertiary/aromatic N) is 4. The largest absolute Gasteiger partial charge is 0.376 e. The van der Waals surface area contributed by atoms with E-state index < -0.39 is 0 Å². The van der Waals surface area contributed by atoms with Gasteiger partial charge in [0.05, 0.1) is 23.5 Å². The first kappa shape index (κ1) is 16.3. The number of benzene rings is 2. The molecule has 6 nitrogen and oxygen atoms in total. The van der Waals surface area contributed by atoms with Gasteiger partial charge in [0.25, 0.3) is 0 Å². The summed E-state index contributed by atoms with van der Waals surface area (Å²) in [5.74, 6) is -0.336. The molecular weight excluding hydrogens is 347 g/mol. The van der Waals surface area contributed by atoms with E-state index in [-0.39, 0.29) is 18.0 Å². The number of carbonyl (C=O) groups is 1. The predicted octanol–water partition coefficient (Wildman–Crippen LogP) is 3.20. The SMILES string of the molecule is O=C1N(C[C@@H]2CCO2)CCN1c1cccc2c1cnn2-c1ccccc1F. The second-order valence-electron chi connectivity index (χ2n) is 6.88. The third-order valence-corrected chi connectivity index (χ3v) is 5.27. The molecule has 1 aromatic heterocycles. The number of hydrogen-bond acceptors (Lipinski definition) is 3. The number of aromatic nitrogens is 2. The minimum atomic E-state index is -0.336. The molecule has 27 heavy (non-hydrogen) atoms. The summed E-state index contributed by atoms with van der Waals surface area (Å²) in [5.41, 5.74) is 1.96. The van der Waals surface area contributed by atoms with Crippen molar-refractivity contribution in [2.75, 3.05) is 31.1 Å². The predicted molar refractivity (Wildman–Crippen MR) is 99.7 cm³/mol. The van der Waals surface area contributed by atoms with Gasteiger partial charge in [-0.2, -0.15) is 5.10 Å². The fourth-order valence-electron chi connectivity index (χ4n) is 3.74. The normalized spacial score (nSPS) is 19.7. The van der Waals surface area contributed by atoms with E-state index in [2.05, 4.69) is 5.10 Å². The van der Waals surface area contributed by atoms with Crippen molar-refractivity contribution in [2.45, 2.75) is 12.5 Å². The van der Waals surface area contributed by atoms with Gasteiger partial charge >= 0.3 is 6.03 Å². The van der Waals surface area contributed by atoms with E-state index in [0.717, 1.165) is 29.6 Å². The van der Waals surface area contributed by atoms with Crippen molar-refractivity contribution < 1.29 is 13.9 Å². The summed E-state index contributed by atoms with van der Waals surface area (Å²) in [5, 5.41) is 5.21. The molecule has 3 heterocycles. The van der Waals surface area contributed by atoms with E-state index in [1.807, 2.05) is 23.1 Å². The van der Waals surface area contributed by atoms with Gasteiger partial charge in [0.2, 0.25) is 0 Å². The Kier molecular flexibility index (Phi) is 3.82. The van der Waals surface area contributed by atoms with Gasteiger partial charge in [0.1, 0.15) is 11.5 Å². The first-order valence-electron chi connectivity index (χ1n) is 9.12. The molecule has 7 heteroatoms. The molecule has 2 aliphatic heterocycles. The molecule has 2 saturated heterocycles. The number of carbonyl (C=O) groups excluding carboxylic acids is 1. The third-order valence-electron chi connectivity index (χ3n) is 5.27. The average Bonchev–Trinajstić information content (AvgIpc) is 3.22.